The molecule has 2 N–H and O–H groups in total. The number of carbonyl (C=O) groups is 3. The van der Waals surface area contributed by atoms with Crippen LogP contribution in [0.1, 0.15) is 20.8 Å². The molecule has 1 aliphatic heterocycles. The normalized spacial score (nSPS) is 32.1. The zero-order chi connectivity index (χ0) is 16.2. The monoisotopic (exact) mass is 306 g/mol. The smallest absolute Gasteiger partial charge is 0.303 e. The van der Waals surface area contributed by atoms with Gasteiger partial charge in [0.05, 0.1) is 6.61 Å². The van der Waals surface area contributed by atoms with Gasteiger partial charge in [0.25, 0.3) is 0 Å². The van der Waals surface area contributed by atoms with Crippen molar-refractivity contribution in [1.29, 1.82) is 0 Å². The van der Waals surface area contributed by atoms with E-state index in [-0.39, 0.29) is 0 Å². The molecule has 5 atom stereocenters. The first-order valence-corrected chi connectivity index (χ1v) is 6.22. The van der Waals surface area contributed by atoms with Crippen LogP contribution in [-0.4, -0.2) is 65.4 Å². The average molecular weight is 306 g/mol. The highest BCUT2D eigenvalue weighted by Gasteiger charge is 2.51. The van der Waals surface area contributed by atoms with Crippen molar-refractivity contribution >= 4 is 17.9 Å². The van der Waals surface area contributed by atoms with Crippen LogP contribution in [0.2, 0.25) is 0 Å². The molecule has 0 aromatic rings. The minimum atomic E-state index is -1.64. The highest BCUT2D eigenvalue weighted by Crippen LogP contribution is 2.27. The molecule has 1 saturated heterocycles. The number of ether oxygens (including phenoxy) is 4. The van der Waals surface area contributed by atoms with Crippen molar-refractivity contribution in [2.75, 3.05) is 6.61 Å². The third-order valence-electron chi connectivity index (χ3n) is 2.70. The standard InChI is InChI=1S/C12H18O9/c1-5(14)18-9-8(4-13)21-12(17)11(20-7(3)16)10(9)19-6(2)15/h8-13,17H,4H2,1-3H3/t8-,9+,10-,11-,12?/m1/s1. The van der Waals surface area contributed by atoms with Crippen LogP contribution in [0, 0.1) is 0 Å². The van der Waals surface area contributed by atoms with E-state index in [1.807, 2.05) is 0 Å². The van der Waals surface area contributed by atoms with E-state index in [4.69, 9.17) is 18.9 Å². The van der Waals surface area contributed by atoms with Crippen molar-refractivity contribution in [3.8, 4) is 0 Å². The maximum Gasteiger partial charge on any atom is 0.303 e. The Labute approximate surface area is 120 Å². The molecule has 9 nitrogen and oxygen atoms in total. The number of esters is 3. The summed E-state index contributed by atoms with van der Waals surface area (Å²) in [7, 11) is 0. The highest BCUT2D eigenvalue weighted by atomic mass is 16.7. The van der Waals surface area contributed by atoms with Gasteiger partial charge in [0.1, 0.15) is 6.10 Å². The second kappa shape index (κ2) is 7.34. The first-order valence-electron chi connectivity index (χ1n) is 6.22. The predicted octanol–water partition coefficient (Wildman–Crippen LogP) is -1.51. The van der Waals surface area contributed by atoms with E-state index in [0.717, 1.165) is 20.8 Å². The van der Waals surface area contributed by atoms with Crippen LogP contribution in [0.15, 0.2) is 0 Å². The summed E-state index contributed by atoms with van der Waals surface area (Å²) < 4.78 is 19.8. The zero-order valence-corrected chi connectivity index (χ0v) is 11.8. The summed E-state index contributed by atoms with van der Waals surface area (Å²) in [6.07, 6.45) is -6.65. The molecule has 0 bridgehead atoms. The molecule has 0 radical (unpaired) electrons. The van der Waals surface area contributed by atoms with E-state index in [9.17, 15) is 24.6 Å². The van der Waals surface area contributed by atoms with Crippen molar-refractivity contribution < 1.29 is 43.5 Å². The molecule has 1 unspecified atom stereocenters. The Morgan fingerprint density at radius 2 is 1.33 bits per heavy atom. The Hall–Kier alpha value is -1.71. The van der Waals surface area contributed by atoms with Crippen LogP contribution >= 0.6 is 0 Å². The van der Waals surface area contributed by atoms with Gasteiger partial charge in [-0.05, 0) is 0 Å². The van der Waals surface area contributed by atoms with Gasteiger partial charge < -0.3 is 29.2 Å². The Balaban J connectivity index is 3.08. The summed E-state index contributed by atoms with van der Waals surface area (Å²) >= 11 is 0. The fraction of sp³-hybridized carbons (Fsp3) is 0.750. The van der Waals surface area contributed by atoms with E-state index < -0.39 is 55.2 Å². The number of aliphatic hydroxyl groups is 2. The molecule has 9 heteroatoms. The fourth-order valence-corrected chi connectivity index (χ4v) is 2.02. The van der Waals surface area contributed by atoms with E-state index in [2.05, 4.69) is 0 Å². The van der Waals surface area contributed by atoms with Crippen LogP contribution in [0.5, 0.6) is 0 Å². The van der Waals surface area contributed by atoms with Gasteiger partial charge in [0, 0.05) is 20.8 Å². The molecule has 0 aromatic carbocycles. The van der Waals surface area contributed by atoms with Gasteiger partial charge in [0.2, 0.25) is 0 Å². The number of aliphatic hydroxyl groups excluding tert-OH is 2. The molecule has 1 aliphatic rings. The summed E-state index contributed by atoms with van der Waals surface area (Å²) in [4.78, 5) is 33.4. The maximum absolute atomic E-state index is 11.2. The largest absolute Gasteiger partial charge is 0.456 e. The lowest BCUT2D eigenvalue weighted by molar-refractivity contribution is -0.295. The van der Waals surface area contributed by atoms with Crippen molar-refractivity contribution in [2.24, 2.45) is 0 Å². The van der Waals surface area contributed by atoms with Crippen LogP contribution in [-0.2, 0) is 33.3 Å². The molecule has 0 saturated carbocycles. The van der Waals surface area contributed by atoms with Crippen molar-refractivity contribution in [1.82, 2.24) is 0 Å². The molecule has 21 heavy (non-hydrogen) atoms. The average Bonchev–Trinajstić information content (AvgIpc) is 2.35. The van der Waals surface area contributed by atoms with E-state index >= 15 is 0 Å². The van der Waals surface area contributed by atoms with E-state index in [1.165, 1.54) is 0 Å². The minimum Gasteiger partial charge on any atom is -0.456 e. The van der Waals surface area contributed by atoms with Crippen molar-refractivity contribution in [3.63, 3.8) is 0 Å². The lowest BCUT2D eigenvalue weighted by atomic mass is 9.98. The number of carbonyl (C=O) groups excluding carboxylic acids is 3. The van der Waals surface area contributed by atoms with Gasteiger partial charge in [-0.2, -0.15) is 0 Å². The molecular weight excluding hydrogens is 288 g/mol. The van der Waals surface area contributed by atoms with Crippen LogP contribution in [0.25, 0.3) is 0 Å². The Morgan fingerprint density at radius 1 is 0.905 bits per heavy atom. The Morgan fingerprint density at radius 3 is 1.76 bits per heavy atom. The third-order valence-corrected chi connectivity index (χ3v) is 2.70. The van der Waals surface area contributed by atoms with E-state index in [1.54, 1.807) is 0 Å². The summed E-state index contributed by atoms with van der Waals surface area (Å²) in [6.45, 7) is 2.71. The molecule has 120 valence electrons. The summed E-state index contributed by atoms with van der Waals surface area (Å²) in [5.74, 6) is -2.19. The molecule has 0 spiro atoms. The molecule has 0 aromatic heterocycles. The van der Waals surface area contributed by atoms with Crippen molar-refractivity contribution in [2.45, 2.75) is 51.5 Å². The number of hydrogen-bond donors (Lipinski definition) is 2. The zero-order valence-electron chi connectivity index (χ0n) is 11.8. The summed E-state index contributed by atoms with van der Waals surface area (Å²) in [6, 6.07) is 0. The maximum atomic E-state index is 11.2. The van der Waals surface area contributed by atoms with Crippen molar-refractivity contribution in [3.05, 3.63) is 0 Å². The van der Waals surface area contributed by atoms with Crippen LogP contribution in [0.4, 0.5) is 0 Å². The van der Waals surface area contributed by atoms with Gasteiger partial charge in [0.15, 0.2) is 24.6 Å². The first-order chi connectivity index (χ1) is 9.76. The summed E-state index contributed by atoms with van der Waals surface area (Å²) in [5.41, 5.74) is 0. The second-order valence-electron chi connectivity index (χ2n) is 4.47. The molecule has 1 rings (SSSR count). The van der Waals surface area contributed by atoms with Crippen LogP contribution < -0.4 is 0 Å². The van der Waals surface area contributed by atoms with Crippen LogP contribution in [0.3, 0.4) is 0 Å². The number of hydrogen-bond acceptors (Lipinski definition) is 9. The predicted molar refractivity (Wildman–Crippen MR) is 64.6 cm³/mol. The number of rotatable bonds is 4. The van der Waals surface area contributed by atoms with Gasteiger partial charge in [-0.3, -0.25) is 14.4 Å². The lowest BCUT2D eigenvalue weighted by Gasteiger charge is -2.42. The SMILES string of the molecule is CC(=O)O[C@@H]1[C@@H](OC(C)=O)[C@@H](OC(C)=O)C(O)O[C@@H]1CO. The molecule has 0 aliphatic carbocycles. The Kier molecular flexibility index (Phi) is 6.06. The third kappa shape index (κ3) is 4.66. The topological polar surface area (TPSA) is 129 Å². The van der Waals surface area contributed by atoms with Gasteiger partial charge in [-0.1, -0.05) is 0 Å². The highest BCUT2D eigenvalue weighted by molar-refractivity contribution is 5.68. The minimum absolute atomic E-state index is 0.598. The van der Waals surface area contributed by atoms with E-state index in [0.29, 0.717) is 0 Å². The van der Waals surface area contributed by atoms with Gasteiger partial charge >= 0.3 is 17.9 Å². The molecule has 0 amide bonds. The van der Waals surface area contributed by atoms with Gasteiger partial charge in [-0.25, -0.2) is 0 Å². The fourth-order valence-electron chi connectivity index (χ4n) is 2.02. The summed E-state index contributed by atoms with van der Waals surface area (Å²) in [5, 5.41) is 19.0. The Bertz CT molecular complexity index is 408. The quantitative estimate of drug-likeness (QED) is 0.470. The lowest BCUT2D eigenvalue weighted by Crippen LogP contribution is -2.62. The molecule has 1 heterocycles. The second-order valence-corrected chi connectivity index (χ2v) is 4.47. The first kappa shape index (κ1) is 17.3. The molecular formula is C12H18O9. The van der Waals surface area contributed by atoms with Gasteiger partial charge in [-0.15, -0.1) is 0 Å². The molecule has 1 fully saturated rings.